The van der Waals surface area contributed by atoms with Crippen molar-refractivity contribution in [2.24, 2.45) is 0 Å². The summed E-state index contributed by atoms with van der Waals surface area (Å²) in [5.74, 6) is 0. The van der Waals surface area contributed by atoms with Gasteiger partial charge in [0.05, 0.1) is 0 Å². The molecule has 0 spiro atoms. The molecule has 0 aliphatic carbocycles. The first-order valence-electron chi connectivity index (χ1n) is 0.744. The van der Waals surface area contributed by atoms with Crippen molar-refractivity contribution in [1.29, 1.82) is 5.16 Å². The van der Waals surface area contributed by atoms with E-state index in [9.17, 15) is 8.39 Å². The van der Waals surface area contributed by atoms with Gasteiger partial charge in [0.2, 0.25) is 7.90 Å². The minimum atomic E-state index is -5.39. The molecule has 6 heavy (non-hydrogen) atoms. The third-order valence-corrected chi connectivity index (χ3v) is 0. The maximum Gasteiger partial charge on any atom is 1.00 e. The Hall–Kier alpha value is 0.647. The Morgan fingerprint density at radius 2 is 1.50 bits per heavy atom. The average Bonchev–Trinajstić information content (AvgIpc) is 0.722. The fraction of sp³-hybridized carbons (Fsp3) is 0. The van der Waals surface area contributed by atoms with Gasteiger partial charge in [0.25, 0.3) is 0 Å². The first-order chi connectivity index (χ1) is 2.00. The predicted octanol–water partition coefficient (Wildman–Crippen LogP) is -2.19. The molecule has 0 heterocycles. The SMILES string of the molecule is N=P([O-])(F)F.[Li+]. The van der Waals surface area contributed by atoms with Crippen LogP contribution in [0.2, 0.25) is 0 Å². The maximum absolute atomic E-state index is 10.2. The molecular formula is HF2LiNOP. The van der Waals surface area contributed by atoms with Crippen LogP contribution in [-0.2, 0) is 0 Å². The zero-order valence-electron chi connectivity index (χ0n) is 3.11. The molecule has 0 amide bonds. The van der Waals surface area contributed by atoms with Crippen LogP contribution in [0.3, 0.4) is 0 Å². The predicted molar refractivity (Wildman–Crippen MR) is 11.9 cm³/mol. The maximum atomic E-state index is 10.2. The molecule has 0 rings (SSSR count). The first kappa shape index (κ1) is 9.82. The zero-order valence-corrected chi connectivity index (χ0v) is 4.01. The fourth-order valence-electron chi connectivity index (χ4n) is 0. The van der Waals surface area contributed by atoms with Crippen LogP contribution < -0.4 is 23.8 Å². The van der Waals surface area contributed by atoms with E-state index < -0.39 is 7.90 Å². The van der Waals surface area contributed by atoms with Crippen LogP contribution in [0.25, 0.3) is 0 Å². The summed E-state index contributed by atoms with van der Waals surface area (Å²) in [6.07, 6.45) is 0. The molecule has 0 aliphatic rings. The first-order valence-corrected chi connectivity index (χ1v) is 2.23. The molecule has 32 valence electrons. The van der Waals surface area contributed by atoms with Crippen molar-refractivity contribution in [3.8, 4) is 0 Å². The smallest absolute Gasteiger partial charge is 0.766 e. The second-order valence-electron chi connectivity index (χ2n) is 0.462. The molecule has 0 saturated heterocycles. The van der Waals surface area contributed by atoms with E-state index in [1.807, 2.05) is 0 Å². The quantitative estimate of drug-likeness (QED) is 0.277. The van der Waals surface area contributed by atoms with Crippen LogP contribution in [0.5, 0.6) is 0 Å². The van der Waals surface area contributed by atoms with Gasteiger partial charge in [-0.2, -0.15) is 8.39 Å². The van der Waals surface area contributed by atoms with Gasteiger partial charge in [0, 0.05) is 0 Å². The Morgan fingerprint density at radius 3 is 1.50 bits per heavy atom. The topological polar surface area (TPSA) is 46.9 Å². The monoisotopic (exact) mass is 107 g/mol. The fourth-order valence-corrected chi connectivity index (χ4v) is 0. The van der Waals surface area contributed by atoms with Gasteiger partial charge in [-0.15, -0.1) is 0 Å². The molecule has 0 aromatic heterocycles. The van der Waals surface area contributed by atoms with E-state index in [0.29, 0.717) is 0 Å². The molecule has 0 saturated carbocycles. The molecule has 0 aromatic carbocycles. The zero-order chi connectivity index (χ0) is 4.50. The normalized spacial score (nSPS) is 9.83. The van der Waals surface area contributed by atoms with Crippen LogP contribution >= 0.6 is 7.90 Å². The van der Waals surface area contributed by atoms with E-state index in [2.05, 4.69) is 0 Å². The standard InChI is InChI=1S/F2HNOP.Li/c1-5(2,3)4;/h(H-,3,4);/q-1;+1. The Morgan fingerprint density at radius 1 is 1.50 bits per heavy atom. The Bertz CT molecular complexity index is 59.7. The summed E-state index contributed by atoms with van der Waals surface area (Å²) >= 11 is 0. The molecule has 0 aromatic rings. The number of rotatable bonds is 0. The van der Waals surface area contributed by atoms with Crippen LogP contribution in [0.1, 0.15) is 0 Å². The van der Waals surface area contributed by atoms with E-state index in [4.69, 9.17) is 10.1 Å². The third-order valence-electron chi connectivity index (χ3n) is 0. The minimum absolute atomic E-state index is 0. The van der Waals surface area contributed by atoms with Gasteiger partial charge in [-0.1, -0.05) is 0 Å². The molecule has 0 fully saturated rings. The van der Waals surface area contributed by atoms with Crippen LogP contribution in [0.15, 0.2) is 0 Å². The number of nitrogens with one attached hydrogen (secondary N) is 1. The molecule has 0 aliphatic heterocycles. The summed E-state index contributed by atoms with van der Waals surface area (Å²) in [7, 11) is -5.39. The number of hydrogen-bond acceptors (Lipinski definition) is 2. The van der Waals surface area contributed by atoms with Crippen molar-refractivity contribution >= 4 is 7.90 Å². The van der Waals surface area contributed by atoms with E-state index in [1.165, 1.54) is 0 Å². The van der Waals surface area contributed by atoms with Crippen molar-refractivity contribution in [2.45, 2.75) is 0 Å². The van der Waals surface area contributed by atoms with Gasteiger partial charge in [-0.05, 0) is 0 Å². The van der Waals surface area contributed by atoms with E-state index in [-0.39, 0.29) is 18.9 Å². The van der Waals surface area contributed by atoms with Gasteiger partial charge in [0.15, 0.2) is 0 Å². The second kappa shape index (κ2) is 2.76. The Balaban J connectivity index is 0. The van der Waals surface area contributed by atoms with E-state index >= 15 is 0 Å². The van der Waals surface area contributed by atoms with E-state index in [1.54, 1.807) is 0 Å². The summed E-state index contributed by atoms with van der Waals surface area (Å²) in [6, 6.07) is 0. The van der Waals surface area contributed by atoms with Crippen molar-refractivity contribution in [3.63, 3.8) is 0 Å². The van der Waals surface area contributed by atoms with Crippen molar-refractivity contribution < 1.29 is 32.1 Å². The summed E-state index contributed by atoms with van der Waals surface area (Å²) < 4.78 is 20.5. The summed E-state index contributed by atoms with van der Waals surface area (Å²) in [5.41, 5.74) is 0. The summed E-state index contributed by atoms with van der Waals surface area (Å²) in [5, 5.41) is 5.16. The number of halogens is 2. The third kappa shape index (κ3) is 148. The van der Waals surface area contributed by atoms with E-state index in [0.717, 1.165) is 0 Å². The number of hydrogen-bond donors (Lipinski definition) is 1. The van der Waals surface area contributed by atoms with Crippen molar-refractivity contribution in [1.82, 2.24) is 0 Å². The Kier molecular flexibility index (Phi) is 4.52. The molecule has 0 unspecified atom stereocenters. The molecule has 1 N–H and O–H groups in total. The second-order valence-corrected chi connectivity index (χ2v) is 1.39. The summed E-state index contributed by atoms with van der Waals surface area (Å²) in [4.78, 5) is 8.55. The van der Waals surface area contributed by atoms with Gasteiger partial charge in [-0.25, -0.2) is 0 Å². The summed E-state index contributed by atoms with van der Waals surface area (Å²) in [6.45, 7) is 0. The molecule has 6 heteroatoms. The van der Waals surface area contributed by atoms with Gasteiger partial charge >= 0.3 is 18.9 Å². The van der Waals surface area contributed by atoms with Gasteiger partial charge in [-0.3, -0.25) is 5.16 Å². The van der Waals surface area contributed by atoms with Crippen LogP contribution in [0.4, 0.5) is 8.39 Å². The molecule has 0 bridgehead atoms. The van der Waals surface area contributed by atoms with Crippen molar-refractivity contribution in [3.05, 3.63) is 0 Å². The van der Waals surface area contributed by atoms with Gasteiger partial charge in [0.1, 0.15) is 0 Å². The van der Waals surface area contributed by atoms with Crippen molar-refractivity contribution in [2.75, 3.05) is 0 Å². The van der Waals surface area contributed by atoms with Crippen LogP contribution in [-0.4, -0.2) is 0 Å². The molecule has 2 nitrogen and oxygen atoms in total. The van der Waals surface area contributed by atoms with Gasteiger partial charge < -0.3 is 4.89 Å². The molecule has 0 radical (unpaired) electrons. The average molecular weight is 107 g/mol. The van der Waals surface area contributed by atoms with Crippen LogP contribution in [0, 0.1) is 5.16 Å². The minimum Gasteiger partial charge on any atom is -0.766 e. The molecule has 0 atom stereocenters. The molecular weight excluding hydrogens is 106 g/mol. The Labute approximate surface area is 45.9 Å². The largest absolute Gasteiger partial charge is 1.00 e.